The van der Waals surface area contributed by atoms with Crippen molar-refractivity contribution < 1.29 is 9.90 Å². The Bertz CT molecular complexity index is 363. The van der Waals surface area contributed by atoms with Gasteiger partial charge in [0.25, 0.3) is 0 Å². The van der Waals surface area contributed by atoms with E-state index in [1.165, 1.54) is 3.57 Å². The second-order valence-electron chi connectivity index (χ2n) is 3.67. The van der Waals surface area contributed by atoms with Gasteiger partial charge in [-0.15, -0.1) is 0 Å². The number of nitrogens with zero attached hydrogens (tertiary/aromatic N) is 1. The standard InChI is InChI=1S/C11H12INO2/c12-8-3-5-9(6-4-8)13-7-1-2-10(13)11(14)15/h3-6,10H,1-2,7H2,(H,14,15)/t10-/m1/s1. The molecular formula is C11H12INO2. The van der Waals surface area contributed by atoms with Gasteiger partial charge in [-0.2, -0.15) is 0 Å². The van der Waals surface area contributed by atoms with Gasteiger partial charge in [-0.05, 0) is 59.7 Å². The zero-order valence-electron chi connectivity index (χ0n) is 8.19. The summed E-state index contributed by atoms with van der Waals surface area (Å²) in [4.78, 5) is 13.0. The molecule has 0 aliphatic carbocycles. The highest BCUT2D eigenvalue weighted by molar-refractivity contribution is 14.1. The number of hydrogen-bond acceptors (Lipinski definition) is 2. The van der Waals surface area contributed by atoms with E-state index in [0.717, 1.165) is 25.1 Å². The van der Waals surface area contributed by atoms with Gasteiger partial charge in [0.1, 0.15) is 6.04 Å². The van der Waals surface area contributed by atoms with Crippen LogP contribution in [0.5, 0.6) is 0 Å². The Labute approximate surface area is 102 Å². The average Bonchev–Trinajstić information content (AvgIpc) is 2.67. The first-order chi connectivity index (χ1) is 7.18. The van der Waals surface area contributed by atoms with Gasteiger partial charge in [0, 0.05) is 15.8 Å². The van der Waals surface area contributed by atoms with E-state index in [-0.39, 0.29) is 6.04 Å². The van der Waals surface area contributed by atoms with Gasteiger partial charge in [-0.1, -0.05) is 0 Å². The Morgan fingerprint density at radius 2 is 2.07 bits per heavy atom. The summed E-state index contributed by atoms with van der Waals surface area (Å²) >= 11 is 2.24. The quantitative estimate of drug-likeness (QED) is 0.851. The zero-order valence-corrected chi connectivity index (χ0v) is 10.3. The van der Waals surface area contributed by atoms with Gasteiger partial charge in [-0.3, -0.25) is 0 Å². The lowest BCUT2D eigenvalue weighted by Gasteiger charge is -2.23. The number of halogens is 1. The van der Waals surface area contributed by atoms with Crippen molar-refractivity contribution in [2.45, 2.75) is 18.9 Å². The maximum absolute atomic E-state index is 11.0. The number of anilines is 1. The van der Waals surface area contributed by atoms with Crippen molar-refractivity contribution in [3.63, 3.8) is 0 Å². The molecular weight excluding hydrogens is 305 g/mol. The van der Waals surface area contributed by atoms with Crippen LogP contribution in [0, 0.1) is 3.57 Å². The Hall–Kier alpha value is -0.780. The molecule has 0 amide bonds. The SMILES string of the molecule is O=C(O)[C@H]1CCCN1c1ccc(I)cc1. The Kier molecular flexibility index (Phi) is 3.14. The Morgan fingerprint density at radius 3 is 2.67 bits per heavy atom. The minimum absolute atomic E-state index is 0.343. The number of aliphatic carboxylic acids is 1. The maximum Gasteiger partial charge on any atom is 0.326 e. The van der Waals surface area contributed by atoms with Crippen molar-refractivity contribution >= 4 is 34.2 Å². The molecule has 1 aromatic carbocycles. The van der Waals surface area contributed by atoms with Crippen molar-refractivity contribution in [1.82, 2.24) is 0 Å². The summed E-state index contributed by atoms with van der Waals surface area (Å²) in [6.45, 7) is 0.845. The molecule has 0 saturated carbocycles. The fourth-order valence-corrected chi connectivity index (χ4v) is 2.32. The van der Waals surface area contributed by atoms with Crippen LogP contribution in [0.2, 0.25) is 0 Å². The van der Waals surface area contributed by atoms with Crippen molar-refractivity contribution in [3.8, 4) is 0 Å². The van der Waals surface area contributed by atoms with E-state index in [2.05, 4.69) is 22.6 Å². The summed E-state index contributed by atoms with van der Waals surface area (Å²) < 4.78 is 1.17. The highest BCUT2D eigenvalue weighted by Gasteiger charge is 2.30. The molecule has 0 unspecified atom stereocenters. The van der Waals surface area contributed by atoms with Crippen LogP contribution in [0.15, 0.2) is 24.3 Å². The maximum atomic E-state index is 11.0. The van der Waals surface area contributed by atoms with Crippen molar-refractivity contribution in [2.75, 3.05) is 11.4 Å². The third kappa shape index (κ3) is 2.25. The smallest absolute Gasteiger partial charge is 0.326 e. The lowest BCUT2D eigenvalue weighted by atomic mass is 10.2. The molecule has 1 heterocycles. The summed E-state index contributed by atoms with van der Waals surface area (Å²) in [7, 11) is 0. The molecule has 1 fully saturated rings. The second-order valence-corrected chi connectivity index (χ2v) is 4.91. The van der Waals surface area contributed by atoms with Crippen LogP contribution in [-0.4, -0.2) is 23.7 Å². The molecule has 0 spiro atoms. The molecule has 2 rings (SSSR count). The first-order valence-corrected chi connectivity index (χ1v) is 6.01. The Balaban J connectivity index is 2.22. The van der Waals surface area contributed by atoms with Crippen molar-refractivity contribution in [1.29, 1.82) is 0 Å². The molecule has 1 saturated heterocycles. The molecule has 4 heteroatoms. The minimum atomic E-state index is -0.717. The number of carbonyl (C=O) groups is 1. The topological polar surface area (TPSA) is 40.5 Å². The van der Waals surface area contributed by atoms with Gasteiger partial charge in [0.15, 0.2) is 0 Å². The van der Waals surface area contributed by atoms with Crippen molar-refractivity contribution in [2.24, 2.45) is 0 Å². The summed E-state index contributed by atoms with van der Waals surface area (Å²) in [5.41, 5.74) is 1.01. The monoisotopic (exact) mass is 317 g/mol. The molecule has 80 valence electrons. The summed E-state index contributed by atoms with van der Waals surface area (Å²) in [5, 5.41) is 9.06. The fourth-order valence-electron chi connectivity index (χ4n) is 1.97. The fraction of sp³-hybridized carbons (Fsp3) is 0.364. The van der Waals surface area contributed by atoms with Crippen LogP contribution in [0.4, 0.5) is 5.69 Å². The largest absolute Gasteiger partial charge is 0.480 e. The molecule has 0 radical (unpaired) electrons. The number of benzene rings is 1. The molecule has 1 atom stereocenters. The normalized spacial score (nSPS) is 20.6. The highest BCUT2D eigenvalue weighted by Crippen LogP contribution is 2.26. The van der Waals surface area contributed by atoms with E-state index < -0.39 is 5.97 Å². The van der Waals surface area contributed by atoms with E-state index in [1.54, 1.807) is 0 Å². The highest BCUT2D eigenvalue weighted by atomic mass is 127. The summed E-state index contributed by atoms with van der Waals surface area (Å²) in [6.07, 6.45) is 1.71. The number of carboxylic acid groups (broad SMARTS) is 1. The summed E-state index contributed by atoms with van der Waals surface area (Å²) in [6, 6.07) is 7.65. The van der Waals surface area contributed by atoms with Gasteiger partial charge in [0.05, 0.1) is 0 Å². The van der Waals surface area contributed by atoms with Crippen LogP contribution < -0.4 is 4.90 Å². The zero-order chi connectivity index (χ0) is 10.8. The third-order valence-electron chi connectivity index (χ3n) is 2.70. The second kappa shape index (κ2) is 4.38. The molecule has 1 aliphatic heterocycles. The number of rotatable bonds is 2. The average molecular weight is 317 g/mol. The minimum Gasteiger partial charge on any atom is -0.480 e. The van der Waals surface area contributed by atoms with Crippen LogP contribution in [0.25, 0.3) is 0 Å². The first kappa shape index (κ1) is 10.7. The first-order valence-electron chi connectivity index (χ1n) is 4.93. The van der Waals surface area contributed by atoms with Gasteiger partial charge < -0.3 is 10.0 Å². The van der Waals surface area contributed by atoms with E-state index in [9.17, 15) is 4.79 Å². The van der Waals surface area contributed by atoms with E-state index in [1.807, 2.05) is 29.2 Å². The molecule has 0 aromatic heterocycles. The third-order valence-corrected chi connectivity index (χ3v) is 3.42. The molecule has 0 bridgehead atoms. The van der Waals surface area contributed by atoms with Gasteiger partial charge >= 0.3 is 5.97 Å². The van der Waals surface area contributed by atoms with Crippen LogP contribution in [-0.2, 0) is 4.79 Å². The molecule has 1 aromatic rings. The predicted molar refractivity (Wildman–Crippen MR) is 67.2 cm³/mol. The van der Waals surface area contributed by atoms with Crippen LogP contribution in [0.3, 0.4) is 0 Å². The van der Waals surface area contributed by atoms with E-state index >= 15 is 0 Å². The molecule has 3 nitrogen and oxygen atoms in total. The van der Waals surface area contributed by atoms with Crippen LogP contribution >= 0.6 is 22.6 Å². The number of carboxylic acids is 1. The van der Waals surface area contributed by atoms with E-state index in [0.29, 0.717) is 0 Å². The summed E-state index contributed by atoms with van der Waals surface area (Å²) in [5.74, 6) is -0.717. The lowest BCUT2D eigenvalue weighted by molar-refractivity contribution is -0.138. The van der Waals surface area contributed by atoms with Gasteiger partial charge in [0.2, 0.25) is 0 Å². The number of hydrogen-bond donors (Lipinski definition) is 1. The predicted octanol–water partition coefficient (Wildman–Crippen LogP) is 2.34. The lowest BCUT2D eigenvalue weighted by Crippen LogP contribution is -2.35. The van der Waals surface area contributed by atoms with Crippen LogP contribution in [0.1, 0.15) is 12.8 Å². The molecule has 1 N–H and O–H groups in total. The van der Waals surface area contributed by atoms with Crippen molar-refractivity contribution in [3.05, 3.63) is 27.8 Å². The van der Waals surface area contributed by atoms with E-state index in [4.69, 9.17) is 5.11 Å². The molecule has 15 heavy (non-hydrogen) atoms. The Morgan fingerprint density at radius 1 is 1.40 bits per heavy atom. The van der Waals surface area contributed by atoms with Gasteiger partial charge in [-0.25, -0.2) is 4.79 Å². The molecule has 1 aliphatic rings.